The minimum absolute atomic E-state index is 0. The molecule has 0 saturated heterocycles. The fraction of sp³-hybridized carbons (Fsp3) is 0.467. The molecule has 0 aliphatic heterocycles. The van der Waals surface area contributed by atoms with Crippen LogP contribution in [0.25, 0.3) is 0 Å². The molecule has 0 aliphatic carbocycles. The monoisotopic (exact) mass is 359 g/mol. The van der Waals surface area contributed by atoms with Crippen molar-refractivity contribution in [2.24, 2.45) is 5.92 Å². The summed E-state index contributed by atoms with van der Waals surface area (Å²) in [5, 5.41) is 7.19. The fourth-order valence-electron chi connectivity index (χ4n) is 2.15. The standard InChI is InChI=1S/C15H21N3O3S.ClH/c1-10(2)8-13(16)14-17-18-15(21-14)22(19,20)9-12-6-4-11(3)5-7-12;/h4-7,10,13H,8-9,16H2,1-3H3;1H/t13-;/m0./s1. The van der Waals surface area contributed by atoms with Crippen LogP contribution in [-0.4, -0.2) is 18.6 Å². The van der Waals surface area contributed by atoms with Crippen molar-refractivity contribution in [1.82, 2.24) is 10.2 Å². The minimum Gasteiger partial charge on any atom is -1.00 e. The van der Waals surface area contributed by atoms with Gasteiger partial charge in [-0.2, -0.15) is 0 Å². The number of aryl methyl sites for hydroxylation is 1. The van der Waals surface area contributed by atoms with Gasteiger partial charge < -0.3 is 22.6 Å². The molecule has 2 aromatic rings. The average molecular weight is 360 g/mol. The number of hydrogen-bond acceptors (Lipinski definition) is 5. The van der Waals surface area contributed by atoms with Crippen molar-refractivity contribution < 1.29 is 31.0 Å². The molecule has 23 heavy (non-hydrogen) atoms. The first kappa shape index (κ1) is 19.6. The van der Waals surface area contributed by atoms with Crippen molar-refractivity contribution in [1.29, 1.82) is 0 Å². The van der Waals surface area contributed by atoms with Gasteiger partial charge in [0.2, 0.25) is 9.84 Å². The summed E-state index contributed by atoms with van der Waals surface area (Å²) in [5.74, 6) is 0.541. The number of sulfone groups is 1. The van der Waals surface area contributed by atoms with Crippen LogP contribution in [0.15, 0.2) is 33.9 Å². The number of quaternary nitrogens is 1. The van der Waals surface area contributed by atoms with Gasteiger partial charge in [-0.1, -0.05) is 48.8 Å². The molecule has 0 fully saturated rings. The third-order valence-electron chi connectivity index (χ3n) is 3.27. The molecule has 6 nitrogen and oxygen atoms in total. The van der Waals surface area contributed by atoms with E-state index in [1.54, 1.807) is 12.1 Å². The number of benzene rings is 1. The fourth-order valence-corrected chi connectivity index (χ4v) is 3.28. The molecule has 0 unspecified atom stereocenters. The molecule has 3 N–H and O–H groups in total. The highest BCUT2D eigenvalue weighted by Gasteiger charge is 2.26. The molecule has 1 atom stereocenters. The van der Waals surface area contributed by atoms with Crippen LogP contribution in [0.5, 0.6) is 0 Å². The largest absolute Gasteiger partial charge is 1.00 e. The maximum absolute atomic E-state index is 12.3. The van der Waals surface area contributed by atoms with Gasteiger partial charge in [-0.05, 0) is 18.4 Å². The predicted octanol–water partition coefficient (Wildman–Crippen LogP) is -1.31. The van der Waals surface area contributed by atoms with E-state index in [2.05, 4.69) is 29.8 Å². The quantitative estimate of drug-likeness (QED) is 0.689. The van der Waals surface area contributed by atoms with Gasteiger partial charge >= 0.3 is 5.22 Å². The van der Waals surface area contributed by atoms with Gasteiger partial charge in [0.1, 0.15) is 0 Å². The molecule has 1 heterocycles. The topological polar surface area (TPSA) is 101 Å². The molecule has 2 rings (SSSR count). The van der Waals surface area contributed by atoms with Gasteiger partial charge in [0, 0.05) is 6.42 Å². The van der Waals surface area contributed by atoms with E-state index in [9.17, 15) is 8.42 Å². The summed E-state index contributed by atoms with van der Waals surface area (Å²) < 4.78 is 30.0. The average Bonchev–Trinajstić information content (AvgIpc) is 2.91. The Morgan fingerprint density at radius 2 is 1.78 bits per heavy atom. The lowest BCUT2D eigenvalue weighted by Crippen LogP contribution is -3.00. The molecule has 8 heteroatoms. The molecule has 0 amide bonds. The molecular weight excluding hydrogens is 338 g/mol. The van der Waals surface area contributed by atoms with E-state index in [0.717, 1.165) is 12.0 Å². The van der Waals surface area contributed by atoms with Crippen LogP contribution in [0.3, 0.4) is 0 Å². The lowest BCUT2D eigenvalue weighted by atomic mass is 10.1. The maximum atomic E-state index is 12.3. The highest BCUT2D eigenvalue weighted by Crippen LogP contribution is 2.20. The summed E-state index contributed by atoms with van der Waals surface area (Å²) in [6, 6.07) is 7.12. The molecule has 0 bridgehead atoms. The van der Waals surface area contributed by atoms with Crippen LogP contribution >= 0.6 is 0 Å². The second kappa shape index (κ2) is 7.90. The molecule has 0 saturated carbocycles. The number of hydrogen-bond donors (Lipinski definition) is 1. The highest BCUT2D eigenvalue weighted by molar-refractivity contribution is 7.90. The molecule has 0 spiro atoms. The Morgan fingerprint density at radius 1 is 1.17 bits per heavy atom. The van der Waals surface area contributed by atoms with Crippen molar-refractivity contribution in [3.63, 3.8) is 0 Å². The van der Waals surface area contributed by atoms with Crippen molar-refractivity contribution in [3.8, 4) is 0 Å². The Morgan fingerprint density at radius 3 is 2.35 bits per heavy atom. The Labute approximate surface area is 142 Å². The first-order chi connectivity index (χ1) is 10.3. The lowest BCUT2D eigenvalue weighted by Gasteiger charge is -2.06. The van der Waals surface area contributed by atoms with Crippen LogP contribution in [0.2, 0.25) is 0 Å². The zero-order chi connectivity index (χ0) is 16.3. The number of halogens is 1. The third kappa shape index (κ3) is 5.30. The van der Waals surface area contributed by atoms with Crippen molar-refractivity contribution in [2.45, 2.75) is 44.2 Å². The summed E-state index contributed by atoms with van der Waals surface area (Å²) in [5.41, 5.74) is 5.72. The van der Waals surface area contributed by atoms with Gasteiger partial charge in [-0.3, -0.25) is 0 Å². The predicted molar refractivity (Wildman–Crippen MR) is 81.5 cm³/mol. The smallest absolute Gasteiger partial charge is 0.336 e. The van der Waals surface area contributed by atoms with Gasteiger partial charge in [0.25, 0.3) is 5.89 Å². The highest BCUT2D eigenvalue weighted by atomic mass is 35.5. The van der Waals surface area contributed by atoms with Gasteiger partial charge in [0.15, 0.2) is 6.04 Å². The van der Waals surface area contributed by atoms with E-state index >= 15 is 0 Å². The Balaban J connectivity index is 0.00000264. The summed E-state index contributed by atoms with van der Waals surface area (Å²) in [6.07, 6.45) is 0.764. The van der Waals surface area contributed by atoms with Crippen molar-refractivity contribution in [2.75, 3.05) is 0 Å². The third-order valence-corrected chi connectivity index (χ3v) is 4.68. The van der Waals surface area contributed by atoms with E-state index in [-0.39, 0.29) is 35.3 Å². The van der Waals surface area contributed by atoms with Crippen LogP contribution in [0.4, 0.5) is 0 Å². The van der Waals surface area contributed by atoms with Crippen LogP contribution in [0, 0.1) is 12.8 Å². The Kier molecular flexibility index (Phi) is 6.73. The molecule has 1 aromatic carbocycles. The summed E-state index contributed by atoms with van der Waals surface area (Å²) in [7, 11) is -3.64. The van der Waals surface area contributed by atoms with Gasteiger partial charge in [-0.25, -0.2) is 8.42 Å². The lowest BCUT2D eigenvalue weighted by molar-refractivity contribution is -0.435. The van der Waals surface area contributed by atoms with E-state index < -0.39 is 9.84 Å². The maximum Gasteiger partial charge on any atom is 0.336 e. The minimum atomic E-state index is -3.64. The Hall–Kier alpha value is -1.44. The second-order valence-electron chi connectivity index (χ2n) is 5.98. The number of aromatic nitrogens is 2. The number of rotatable bonds is 6. The molecule has 0 radical (unpaired) electrons. The molecule has 1 aromatic heterocycles. The molecule has 0 aliphatic rings. The summed E-state index contributed by atoms with van der Waals surface area (Å²) in [6.45, 7) is 6.07. The van der Waals surface area contributed by atoms with Gasteiger partial charge in [0.05, 0.1) is 5.75 Å². The van der Waals surface area contributed by atoms with Crippen molar-refractivity contribution in [3.05, 3.63) is 41.3 Å². The summed E-state index contributed by atoms with van der Waals surface area (Å²) in [4.78, 5) is 0. The molecule has 128 valence electrons. The van der Waals surface area contributed by atoms with E-state index in [0.29, 0.717) is 11.5 Å². The Bertz CT molecular complexity index is 727. The second-order valence-corrected chi connectivity index (χ2v) is 7.84. The van der Waals surface area contributed by atoms with E-state index in [1.807, 2.05) is 19.1 Å². The van der Waals surface area contributed by atoms with Crippen LogP contribution in [0.1, 0.15) is 43.3 Å². The number of nitrogens with zero attached hydrogens (tertiary/aromatic N) is 2. The van der Waals surface area contributed by atoms with E-state index in [1.165, 1.54) is 0 Å². The van der Waals surface area contributed by atoms with Crippen LogP contribution in [-0.2, 0) is 15.6 Å². The van der Waals surface area contributed by atoms with E-state index in [4.69, 9.17) is 4.42 Å². The van der Waals surface area contributed by atoms with Crippen molar-refractivity contribution >= 4 is 9.84 Å². The molecular formula is C15H22ClN3O3S. The summed E-state index contributed by atoms with van der Waals surface area (Å²) >= 11 is 0. The zero-order valence-corrected chi connectivity index (χ0v) is 15.1. The van der Waals surface area contributed by atoms with Crippen LogP contribution < -0.4 is 18.1 Å². The first-order valence-electron chi connectivity index (χ1n) is 7.22. The SMILES string of the molecule is Cc1ccc(CS(=O)(=O)c2nnc([C@@H]([NH3+])CC(C)C)o2)cc1.[Cl-]. The van der Waals surface area contributed by atoms with Gasteiger partial charge in [-0.15, -0.1) is 5.10 Å². The zero-order valence-electron chi connectivity index (χ0n) is 13.5. The first-order valence-corrected chi connectivity index (χ1v) is 8.88. The normalized spacial score (nSPS) is 12.9.